The second kappa shape index (κ2) is 8.45. The number of aliphatic hydroxyl groups is 5. The van der Waals surface area contributed by atoms with Gasteiger partial charge < -0.3 is 49.4 Å². The molecule has 3 rings (SSSR count). The summed E-state index contributed by atoms with van der Waals surface area (Å²) < 4.78 is 21.0. The first-order valence-electron chi connectivity index (χ1n) is 8.48. The highest BCUT2D eigenvalue weighted by Gasteiger charge is 2.52. The van der Waals surface area contributed by atoms with Crippen molar-refractivity contribution < 1.29 is 49.3 Å². The number of carbonyl (C=O) groups is 1. The summed E-state index contributed by atoms with van der Waals surface area (Å²) in [4.78, 5) is 13.7. The third-order valence-electron chi connectivity index (χ3n) is 5.05. The van der Waals surface area contributed by atoms with Crippen LogP contribution in [0.1, 0.15) is 0 Å². The third kappa shape index (κ3) is 3.83. The molecule has 0 aromatic rings. The van der Waals surface area contributed by atoms with Crippen molar-refractivity contribution >= 4 is 17.7 Å². The highest BCUT2D eigenvalue weighted by Crippen LogP contribution is 2.36. The van der Waals surface area contributed by atoms with Crippen LogP contribution in [0, 0.1) is 0 Å². The van der Waals surface area contributed by atoms with Crippen LogP contribution in [0.4, 0.5) is 0 Å². The monoisotopic (exact) mass is 411 g/mol. The number of methoxy groups -OCH3 is 2. The van der Waals surface area contributed by atoms with Crippen molar-refractivity contribution in [2.24, 2.45) is 0 Å². The largest absolute Gasteiger partial charge is 0.388 e. The minimum Gasteiger partial charge on any atom is -0.388 e. The van der Waals surface area contributed by atoms with Gasteiger partial charge in [0.05, 0.1) is 12.3 Å². The SMILES string of the molecule is CO[C@H]1O[C@H](CN2C(=O)CS[C@H]2[C@H]2O[C@@H](OC)[C@H](O)[C@@H]2O)[C@@H](O)[C@H](O)[C@H]1O. The van der Waals surface area contributed by atoms with E-state index in [1.807, 2.05) is 0 Å². The third-order valence-corrected chi connectivity index (χ3v) is 6.33. The number of hydrogen-bond donors (Lipinski definition) is 5. The van der Waals surface area contributed by atoms with Gasteiger partial charge in [0.2, 0.25) is 5.91 Å². The highest BCUT2D eigenvalue weighted by atomic mass is 32.2. The number of rotatable bonds is 5. The maximum Gasteiger partial charge on any atom is 0.233 e. The lowest BCUT2D eigenvalue weighted by atomic mass is 9.98. The summed E-state index contributed by atoms with van der Waals surface area (Å²) in [6.07, 6.45) is -11.0. The van der Waals surface area contributed by atoms with Gasteiger partial charge in [-0.15, -0.1) is 11.8 Å². The quantitative estimate of drug-likeness (QED) is 0.305. The lowest BCUT2D eigenvalue weighted by Gasteiger charge is -2.42. The van der Waals surface area contributed by atoms with Crippen molar-refractivity contribution in [3.63, 3.8) is 0 Å². The fourth-order valence-corrected chi connectivity index (χ4v) is 4.79. The summed E-state index contributed by atoms with van der Waals surface area (Å²) in [7, 11) is 2.61. The Bertz CT molecular complexity index is 539. The summed E-state index contributed by atoms with van der Waals surface area (Å²) in [5.74, 6) is -0.159. The van der Waals surface area contributed by atoms with Gasteiger partial charge in [-0.25, -0.2) is 0 Å². The summed E-state index contributed by atoms with van der Waals surface area (Å²) in [6.45, 7) is -0.123. The Hall–Kier alpha value is -0.540. The molecule has 156 valence electrons. The Morgan fingerprint density at radius 2 is 1.56 bits per heavy atom. The van der Waals surface area contributed by atoms with Gasteiger partial charge in [-0.05, 0) is 0 Å². The molecule has 3 aliphatic rings. The van der Waals surface area contributed by atoms with Crippen molar-refractivity contribution in [2.75, 3.05) is 26.5 Å². The van der Waals surface area contributed by atoms with Crippen molar-refractivity contribution in [3.8, 4) is 0 Å². The van der Waals surface area contributed by atoms with Crippen LogP contribution >= 0.6 is 11.8 Å². The van der Waals surface area contributed by atoms with Gasteiger partial charge in [-0.2, -0.15) is 0 Å². The summed E-state index contributed by atoms with van der Waals surface area (Å²) in [5.41, 5.74) is 0. The van der Waals surface area contributed by atoms with E-state index in [2.05, 4.69) is 0 Å². The van der Waals surface area contributed by atoms with Crippen LogP contribution in [0.25, 0.3) is 0 Å². The molecular formula is C15H25NO10S. The van der Waals surface area contributed by atoms with Crippen molar-refractivity contribution in [1.29, 1.82) is 0 Å². The minimum atomic E-state index is -1.51. The zero-order chi connectivity index (χ0) is 19.9. The molecule has 5 N–H and O–H groups in total. The molecule has 0 spiro atoms. The summed E-state index contributed by atoms with van der Waals surface area (Å²) in [5, 5.41) is 49.6. The van der Waals surface area contributed by atoms with Gasteiger partial charge >= 0.3 is 0 Å². The van der Waals surface area contributed by atoms with Gasteiger partial charge in [0.15, 0.2) is 12.6 Å². The lowest BCUT2D eigenvalue weighted by molar-refractivity contribution is -0.291. The molecule has 0 aromatic carbocycles. The van der Waals surface area contributed by atoms with Crippen molar-refractivity contribution in [3.05, 3.63) is 0 Å². The molecule has 12 heteroatoms. The molecule has 0 saturated carbocycles. The molecule has 1 amide bonds. The summed E-state index contributed by atoms with van der Waals surface area (Å²) in [6, 6.07) is 0. The highest BCUT2D eigenvalue weighted by molar-refractivity contribution is 8.01. The summed E-state index contributed by atoms with van der Waals surface area (Å²) >= 11 is 1.22. The van der Waals surface area contributed by atoms with Gasteiger partial charge in [0, 0.05) is 14.2 Å². The fourth-order valence-electron chi connectivity index (χ4n) is 3.51. The Morgan fingerprint density at radius 1 is 0.963 bits per heavy atom. The first-order chi connectivity index (χ1) is 12.8. The Balaban J connectivity index is 1.73. The average molecular weight is 411 g/mol. The number of thioether (sulfide) groups is 1. The molecule has 0 radical (unpaired) electrons. The van der Waals surface area contributed by atoms with Crippen LogP contribution in [0.5, 0.6) is 0 Å². The van der Waals surface area contributed by atoms with Crippen LogP contribution in [0.2, 0.25) is 0 Å². The van der Waals surface area contributed by atoms with Gasteiger partial charge in [-0.3, -0.25) is 4.79 Å². The maximum atomic E-state index is 12.4. The van der Waals surface area contributed by atoms with E-state index in [0.717, 1.165) is 0 Å². The smallest absolute Gasteiger partial charge is 0.233 e. The molecule has 10 atom stereocenters. The predicted molar refractivity (Wildman–Crippen MR) is 89.3 cm³/mol. The topological polar surface area (TPSA) is 158 Å². The maximum absolute atomic E-state index is 12.4. The Morgan fingerprint density at radius 3 is 2.15 bits per heavy atom. The molecular weight excluding hydrogens is 386 g/mol. The minimum absolute atomic E-state index is 0.118. The van der Waals surface area contributed by atoms with Gasteiger partial charge in [0.25, 0.3) is 0 Å². The molecule has 0 aliphatic carbocycles. The number of amides is 1. The number of nitrogens with zero attached hydrogens (tertiary/aromatic N) is 1. The van der Waals surface area contributed by atoms with E-state index in [0.29, 0.717) is 0 Å². The van der Waals surface area contributed by atoms with Crippen molar-refractivity contribution in [2.45, 2.75) is 60.7 Å². The van der Waals surface area contributed by atoms with E-state index in [1.165, 1.54) is 30.9 Å². The van der Waals surface area contributed by atoms with Crippen molar-refractivity contribution in [1.82, 2.24) is 4.90 Å². The fraction of sp³-hybridized carbons (Fsp3) is 0.933. The molecule has 3 heterocycles. The second-order valence-corrected chi connectivity index (χ2v) is 7.79. The van der Waals surface area contributed by atoms with E-state index >= 15 is 0 Å². The molecule has 27 heavy (non-hydrogen) atoms. The zero-order valence-electron chi connectivity index (χ0n) is 14.8. The Labute approximate surface area is 159 Å². The number of hydrogen-bond acceptors (Lipinski definition) is 11. The first-order valence-corrected chi connectivity index (χ1v) is 9.53. The van der Waals surface area contributed by atoms with Crippen LogP contribution in [0.15, 0.2) is 0 Å². The molecule has 3 saturated heterocycles. The zero-order valence-corrected chi connectivity index (χ0v) is 15.6. The van der Waals surface area contributed by atoms with Crippen LogP contribution in [0.3, 0.4) is 0 Å². The first kappa shape index (κ1) is 21.2. The molecule has 0 unspecified atom stereocenters. The van der Waals surface area contributed by atoms with Crippen LogP contribution in [-0.4, -0.2) is 124 Å². The van der Waals surface area contributed by atoms with E-state index in [4.69, 9.17) is 18.9 Å². The van der Waals surface area contributed by atoms with E-state index in [9.17, 15) is 30.3 Å². The normalized spacial score (nSPS) is 48.4. The predicted octanol–water partition coefficient (Wildman–Crippen LogP) is -3.56. The lowest BCUT2D eigenvalue weighted by Crippen LogP contribution is -2.61. The second-order valence-electron chi connectivity index (χ2n) is 6.68. The average Bonchev–Trinajstić information content (AvgIpc) is 3.15. The molecule has 3 fully saturated rings. The van der Waals surface area contributed by atoms with E-state index < -0.39 is 60.7 Å². The number of ether oxygens (including phenoxy) is 4. The Kier molecular flexibility index (Phi) is 6.63. The van der Waals surface area contributed by atoms with E-state index in [-0.39, 0.29) is 18.2 Å². The number of carbonyl (C=O) groups excluding carboxylic acids is 1. The molecule has 11 nitrogen and oxygen atoms in total. The molecule has 0 aromatic heterocycles. The standard InChI is InChI=1S/C15H25NO10S/c1-23-14-10(21)8(19)7(18)5(25-14)3-16-6(17)4-27-13(16)12-9(20)11(22)15(24-2)26-12/h5,7-15,18-22H,3-4H2,1-2H3/t5-,7-,8+,9+,10-,11-,12+,13+,14+,15-/m1/s1. The van der Waals surface area contributed by atoms with Gasteiger partial charge in [-0.1, -0.05) is 0 Å². The van der Waals surface area contributed by atoms with Gasteiger partial charge in [0.1, 0.15) is 48.1 Å². The van der Waals surface area contributed by atoms with Crippen LogP contribution in [-0.2, 0) is 23.7 Å². The molecule has 0 bridgehead atoms. The molecule has 3 aliphatic heterocycles. The van der Waals surface area contributed by atoms with E-state index in [1.54, 1.807) is 0 Å². The number of aliphatic hydroxyl groups excluding tert-OH is 5. The van der Waals surface area contributed by atoms with Crippen LogP contribution < -0.4 is 0 Å².